The van der Waals surface area contributed by atoms with Gasteiger partial charge in [-0.05, 0) is 57.5 Å². The zero-order valence-corrected chi connectivity index (χ0v) is 16.7. The molecule has 3 aromatic rings. The van der Waals surface area contributed by atoms with Gasteiger partial charge in [0.2, 0.25) is 0 Å². The van der Waals surface area contributed by atoms with E-state index in [-0.39, 0.29) is 5.91 Å². The summed E-state index contributed by atoms with van der Waals surface area (Å²) in [7, 11) is 0. The minimum absolute atomic E-state index is 0.000602. The number of amides is 1. The van der Waals surface area contributed by atoms with Gasteiger partial charge in [0.25, 0.3) is 5.91 Å². The first kappa shape index (κ1) is 20.4. The second kappa shape index (κ2) is 10.3. The molecule has 0 atom stereocenters. The lowest BCUT2D eigenvalue weighted by molar-refractivity contribution is 0.0955. The minimum atomic E-state index is -0.000602. The summed E-state index contributed by atoms with van der Waals surface area (Å²) in [5, 5.41) is 6.19. The zero-order valence-electron chi connectivity index (χ0n) is 16.7. The number of benzene rings is 1. The fraction of sp³-hybridized carbons (Fsp3) is 0.318. The van der Waals surface area contributed by atoms with Gasteiger partial charge in [-0.15, -0.1) is 0 Å². The summed E-state index contributed by atoms with van der Waals surface area (Å²) in [4.78, 5) is 14.4. The van der Waals surface area contributed by atoms with E-state index in [1.54, 1.807) is 0 Å². The van der Waals surface area contributed by atoms with Crippen LogP contribution in [0.1, 0.15) is 42.0 Å². The molecule has 3 rings (SSSR count). The average Bonchev–Trinajstić information content (AvgIpc) is 3.30. The number of hydrogen-bond donors (Lipinski definition) is 3. The molecule has 0 radical (unpaired) electrons. The zero-order chi connectivity index (χ0) is 19.6. The van der Waals surface area contributed by atoms with Crippen molar-refractivity contribution in [3.8, 4) is 5.69 Å². The first-order chi connectivity index (χ1) is 13.1. The Morgan fingerprint density at radius 3 is 2.37 bits per heavy atom. The van der Waals surface area contributed by atoms with Gasteiger partial charge in [-0.1, -0.05) is 19.1 Å². The second-order valence-corrected chi connectivity index (χ2v) is 6.38. The third-order valence-electron chi connectivity index (χ3n) is 4.08. The molecule has 0 unspecified atom stereocenters. The summed E-state index contributed by atoms with van der Waals surface area (Å²) in [6.45, 7) is 9.60. The van der Waals surface area contributed by atoms with Crippen molar-refractivity contribution < 1.29 is 4.79 Å². The average molecular weight is 367 g/mol. The Morgan fingerprint density at radius 1 is 1.07 bits per heavy atom. The van der Waals surface area contributed by atoms with Crippen LogP contribution in [0.4, 0.5) is 5.69 Å². The fourth-order valence-corrected chi connectivity index (χ4v) is 2.82. The van der Waals surface area contributed by atoms with Crippen LogP contribution < -0.4 is 10.6 Å². The molecular formula is C22H30N4O. The first-order valence-electron chi connectivity index (χ1n) is 9.47. The molecule has 0 fully saturated rings. The summed E-state index contributed by atoms with van der Waals surface area (Å²) in [6.07, 6.45) is 5.26. The fourth-order valence-electron chi connectivity index (χ4n) is 2.82. The van der Waals surface area contributed by atoms with Gasteiger partial charge in [0.15, 0.2) is 0 Å². The van der Waals surface area contributed by atoms with Crippen LogP contribution in [0.2, 0.25) is 0 Å². The molecule has 3 N–H and O–H groups in total. The topological polar surface area (TPSA) is 61.9 Å². The Balaban J connectivity index is 0.000000199. The molecule has 144 valence electrons. The number of aromatic nitrogens is 2. The highest BCUT2D eigenvalue weighted by Gasteiger charge is 2.09. The van der Waals surface area contributed by atoms with E-state index >= 15 is 0 Å². The third-order valence-corrected chi connectivity index (χ3v) is 4.08. The smallest absolute Gasteiger partial charge is 0.253 e. The van der Waals surface area contributed by atoms with Crippen molar-refractivity contribution in [2.75, 3.05) is 18.4 Å². The monoisotopic (exact) mass is 366 g/mol. The molecule has 1 amide bonds. The Morgan fingerprint density at radius 2 is 1.78 bits per heavy atom. The minimum Gasteiger partial charge on any atom is -0.383 e. The number of nitrogens with zero attached hydrogens (tertiary/aromatic N) is 1. The van der Waals surface area contributed by atoms with Gasteiger partial charge < -0.3 is 20.2 Å². The van der Waals surface area contributed by atoms with E-state index in [1.807, 2.05) is 39.0 Å². The van der Waals surface area contributed by atoms with E-state index in [0.717, 1.165) is 29.9 Å². The standard InChI is InChI=1S/C13H16N2.C9H14N2O/c1-2-9-14-12-7-3-4-8-13(12)15-10-5-6-11-15;1-4-10-9(12)8-5-6(2)11-7(8)3/h3-8,10-11,14H,2,9H2,1H3;5,11H,4H2,1-3H3,(H,10,12). The van der Waals surface area contributed by atoms with Crippen LogP contribution in [0.15, 0.2) is 54.9 Å². The van der Waals surface area contributed by atoms with Gasteiger partial charge in [-0.3, -0.25) is 4.79 Å². The van der Waals surface area contributed by atoms with Crippen LogP contribution in [-0.4, -0.2) is 28.5 Å². The lowest BCUT2D eigenvalue weighted by Crippen LogP contribution is -2.22. The number of aryl methyl sites for hydroxylation is 2. The van der Waals surface area contributed by atoms with Gasteiger partial charge in [0.05, 0.1) is 16.9 Å². The van der Waals surface area contributed by atoms with Crippen molar-refractivity contribution >= 4 is 11.6 Å². The number of aromatic amines is 1. The normalized spacial score (nSPS) is 10.1. The van der Waals surface area contributed by atoms with Gasteiger partial charge in [-0.2, -0.15) is 0 Å². The molecule has 0 bridgehead atoms. The molecule has 1 aromatic carbocycles. The summed E-state index contributed by atoms with van der Waals surface area (Å²) in [6, 6.07) is 14.3. The molecule has 5 nitrogen and oxygen atoms in total. The first-order valence-corrected chi connectivity index (χ1v) is 9.47. The van der Waals surface area contributed by atoms with Crippen LogP contribution in [0.5, 0.6) is 0 Å². The molecule has 2 aromatic heterocycles. The predicted octanol–water partition coefficient (Wildman–Crippen LogP) is 4.68. The Labute approximate surface area is 161 Å². The highest BCUT2D eigenvalue weighted by atomic mass is 16.1. The van der Waals surface area contributed by atoms with Crippen LogP contribution in [-0.2, 0) is 0 Å². The van der Waals surface area contributed by atoms with E-state index in [9.17, 15) is 4.79 Å². The molecule has 0 spiro atoms. The summed E-state index contributed by atoms with van der Waals surface area (Å²) >= 11 is 0. The number of carbonyl (C=O) groups excluding carboxylic acids is 1. The maximum atomic E-state index is 11.3. The molecule has 0 aliphatic rings. The van der Waals surface area contributed by atoms with Gasteiger partial charge in [0, 0.05) is 36.9 Å². The van der Waals surface area contributed by atoms with E-state index in [4.69, 9.17) is 0 Å². The molecule has 0 aliphatic carbocycles. The molecule has 2 heterocycles. The lowest BCUT2D eigenvalue weighted by Gasteiger charge is -2.11. The van der Waals surface area contributed by atoms with Crippen molar-refractivity contribution in [2.45, 2.75) is 34.1 Å². The number of rotatable bonds is 6. The molecular weight excluding hydrogens is 336 g/mol. The Kier molecular flexibility index (Phi) is 7.74. The van der Waals surface area contributed by atoms with Crippen molar-refractivity contribution in [3.63, 3.8) is 0 Å². The van der Waals surface area contributed by atoms with Crippen LogP contribution in [0.25, 0.3) is 5.69 Å². The highest BCUT2D eigenvalue weighted by molar-refractivity contribution is 5.95. The predicted molar refractivity (Wildman–Crippen MR) is 113 cm³/mol. The maximum Gasteiger partial charge on any atom is 0.253 e. The lowest BCUT2D eigenvalue weighted by atomic mass is 10.2. The van der Waals surface area contributed by atoms with E-state index in [1.165, 1.54) is 11.4 Å². The van der Waals surface area contributed by atoms with Crippen LogP contribution in [0, 0.1) is 13.8 Å². The van der Waals surface area contributed by atoms with Crippen LogP contribution in [0.3, 0.4) is 0 Å². The molecule has 0 saturated carbocycles. The van der Waals surface area contributed by atoms with Gasteiger partial charge in [0.1, 0.15) is 0 Å². The Bertz CT molecular complexity index is 834. The maximum absolute atomic E-state index is 11.3. The summed E-state index contributed by atoms with van der Waals surface area (Å²) in [5.41, 5.74) is 5.09. The van der Waals surface area contributed by atoms with E-state index in [0.29, 0.717) is 6.54 Å². The summed E-state index contributed by atoms with van der Waals surface area (Å²) in [5.74, 6) is -0.000602. The van der Waals surface area contributed by atoms with Gasteiger partial charge in [-0.25, -0.2) is 0 Å². The largest absolute Gasteiger partial charge is 0.383 e. The van der Waals surface area contributed by atoms with Gasteiger partial charge >= 0.3 is 0 Å². The Hall–Kier alpha value is -2.95. The number of hydrogen-bond acceptors (Lipinski definition) is 2. The molecule has 0 aliphatic heterocycles. The molecule has 27 heavy (non-hydrogen) atoms. The molecule has 0 saturated heterocycles. The van der Waals surface area contributed by atoms with Crippen molar-refractivity contribution in [1.82, 2.24) is 14.9 Å². The second-order valence-electron chi connectivity index (χ2n) is 6.38. The SMILES string of the molecule is CCCNc1ccccc1-n1cccc1.CCNC(=O)c1cc(C)[nH]c1C. The van der Waals surface area contributed by atoms with Crippen LogP contribution >= 0.6 is 0 Å². The third kappa shape index (κ3) is 5.78. The quantitative estimate of drug-likeness (QED) is 0.593. The van der Waals surface area contributed by atoms with E-state index in [2.05, 4.69) is 63.8 Å². The van der Waals surface area contributed by atoms with Crippen molar-refractivity contribution in [2.24, 2.45) is 0 Å². The summed E-state index contributed by atoms with van der Waals surface area (Å²) < 4.78 is 2.12. The number of para-hydroxylation sites is 2. The number of H-pyrrole nitrogens is 1. The number of carbonyl (C=O) groups is 1. The number of nitrogens with one attached hydrogen (secondary N) is 3. The van der Waals surface area contributed by atoms with Crippen molar-refractivity contribution in [3.05, 3.63) is 71.8 Å². The highest BCUT2D eigenvalue weighted by Crippen LogP contribution is 2.19. The van der Waals surface area contributed by atoms with Crippen molar-refractivity contribution in [1.29, 1.82) is 0 Å². The molecule has 5 heteroatoms. The van der Waals surface area contributed by atoms with E-state index < -0.39 is 0 Å². The number of anilines is 1.